The molecule has 26 heavy (non-hydrogen) atoms. The number of hydrogen-bond donors (Lipinski definition) is 0. The van der Waals surface area contributed by atoms with Crippen molar-refractivity contribution in [1.82, 2.24) is 24.2 Å². The van der Waals surface area contributed by atoms with Gasteiger partial charge in [-0.3, -0.25) is 9.09 Å². The fraction of sp³-hybridized carbons (Fsp3) is 0.222. The zero-order valence-electron chi connectivity index (χ0n) is 13.7. The van der Waals surface area contributed by atoms with E-state index in [9.17, 15) is 4.39 Å². The van der Waals surface area contributed by atoms with Crippen LogP contribution in [0.2, 0.25) is 0 Å². The molecule has 4 heterocycles. The lowest BCUT2D eigenvalue weighted by atomic mass is 10.1. The van der Waals surface area contributed by atoms with E-state index in [2.05, 4.69) is 20.1 Å². The van der Waals surface area contributed by atoms with Crippen LogP contribution in [0.25, 0.3) is 5.69 Å². The first-order chi connectivity index (χ1) is 12.7. The molecule has 8 heteroatoms. The summed E-state index contributed by atoms with van der Waals surface area (Å²) in [4.78, 5) is 13.5. The molecule has 1 unspecified atom stereocenters. The van der Waals surface area contributed by atoms with Gasteiger partial charge in [0.25, 0.3) is 5.84 Å². The van der Waals surface area contributed by atoms with E-state index in [1.165, 1.54) is 12.1 Å². The van der Waals surface area contributed by atoms with E-state index < -0.39 is 0 Å². The second-order valence-corrected chi connectivity index (χ2v) is 6.90. The van der Waals surface area contributed by atoms with Gasteiger partial charge in [0.15, 0.2) is 5.82 Å². The summed E-state index contributed by atoms with van der Waals surface area (Å²) in [6.07, 6.45) is 9.36. The minimum atomic E-state index is -0.302. The molecule has 6 rings (SSSR count). The van der Waals surface area contributed by atoms with Crippen LogP contribution >= 0.6 is 0 Å². The van der Waals surface area contributed by atoms with Crippen molar-refractivity contribution in [2.45, 2.75) is 25.3 Å². The summed E-state index contributed by atoms with van der Waals surface area (Å²) in [6, 6.07) is 5.17. The first-order valence-electron chi connectivity index (χ1n) is 8.54. The van der Waals surface area contributed by atoms with Gasteiger partial charge in [0, 0.05) is 5.92 Å². The number of quaternary nitrogens is 1. The second kappa shape index (κ2) is 4.73. The Bertz CT molecular complexity index is 1110. The molecule has 1 atom stereocenters. The Morgan fingerprint density at radius 3 is 3.08 bits per heavy atom. The van der Waals surface area contributed by atoms with Crippen LogP contribution in [-0.2, 0) is 6.54 Å². The van der Waals surface area contributed by atoms with Gasteiger partial charge in [0.2, 0.25) is 0 Å². The highest BCUT2D eigenvalue weighted by Gasteiger charge is 2.48. The van der Waals surface area contributed by atoms with Crippen LogP contribution < -0.4 is 4.48 Å². The molecule has 0 amide bonds. The molecule has 2 aliphatic heterocycles. The third-order valence-electron chi connectivity index (χ3n) is 5.20. The molecule has 128 valence electrons. The largest absolute Gasteiger partial charge is 0.439 e. The summed E-state index contributed by atoms with van der Waals surface area (Å²) in [6.45, 7) is 0.512. The van der Waals surface area contributed by atoms with E-state index in [-0.39, 0.29) is 10.3 Å². The molecular formula is C18H14FN6O+. The van der Waals surface area contributed by atoms with Gasteiger partial charge in [-0.1, -0.05) is 5.16 Å². The van der Waals surface area contributed by atoms with Crippen LogP contribution in [0.5, 0.6) is 0 Å². The summed E-state index contributed by atoms with van der Waals surface area (Å²) < 4.78 is 21.7. The predicted octanol–water partition coefficient (Wildman–Crippen LogP) is 3.02. The van der Waals surface area contributed by atoms with E-state index in [1.807, 2.05) is 10.8 Å². The van der Waals surface area contributed by atoms with Crippen molar-refractivity contribution in [3.05, 3.63) is 66.0 Å². The molecule has 2 aromatic heterocycles. The molecule has 0 N–H and O–H groups in total. The average Bonchev–Trinajstić information content (AvgIpc) is 3.07. The zero-order chi connectivity index (χ0) is 17.3. The Hall–Kier alpha value is -3.13. The molecule has 1 saturated carbocycles. The molecule has 0 bridgehead atoms. The third kappa shape index (κ3) is 1.79. The smallest absolute Gasteiger partial charge is 0.297 e. The maximum absolute atomic E-state index is 14.0. The third-order valence-corrected chi connectivity index (χ3v) is 5.20. The number of aromatic nitrogens is 4. The minimum absolute atomic E-state index is 0.185. The van der Waals surface area contributed by atoms with Gasteiger partial charge in [0.05, 0.1) is 35.7 Å². The number of benzene rings is 1. The zero-order valence-corrected chi connectivity index (χ0v) is 13.7. The molecule has 3 aromatic rings. The van der Waals surface area contributed by atoms with Crippen molar-refractivity contribution in [1.29, 1.82) is 0 Å². The Morgan fingerprint density at radius 1 is 1.27 bits per heavy atom. The number of hydrogen-bond acceptors (Lipinski definition) is 5. The predicted molar refractivity (Wildman–Crippen MR) is 91.0 cm³/mol. The van der Waals surface area contributed by atoms with Crippen LogP contribution in [-0.4, -0.2) is 25.5 Å². The molecule has 0 radical (unpaired) electrons. The monoisotopic (exact) mass is 349 g/mol. The van der Waals surface area contributed by atoms with Crippen LogP contribution in [0.1, 0.15) is 35.8 Å². The lowest BCUT2D eigenvalue weighted by Crippen LogP contribution is -2.47. The number of rotatable bonds is 2. The van der Waals surface area contributed by atoms with Crippen LogP contribution in [0, 0.1) is 5.82 Å². The highest BCUT2D eigenvalue weighted by atomic mass is 19.1. The summed E-state index contributed by atoms with van der Waals surface area (Å²) >= 11 is 0. The summed E-state index contributed by atoms with van der Waals surface area (Å²) in [5.41, 5.74) is 2.45. The first-order valence-corrected chi connectivity index (χ1v) is 8.54. The number of imidazole rings is 1. The maximum Gasteiger partial charge on any atom is 0.439 e. The fourth-order valence-corrected chi connectivity index (χ4v) is 3.73. The molecule has 1 fully saturated rings. The quantitative estimate of drug-likeness (QED) is 0.667. The van der Waals surface area contributed by atoms with Crippen LogP contribution in [0.4, 0.5) is 10.4 Å². The summed E-state index contributed by atoms with van der Waals surface area (Å²) in [5.74, 6) is 1.60. The highest BCUT2D eigenvalue weighted by Crippen LogP contribution is 2.42. The molecular weight excluding hydrogens is 335 g/mol. The van der Waals surface area contributed by atoms with Gasteiger partial charge in [-0.25, -0.2) is 9.37 Å². The molecule has 3 aliphatic rings. The normalized spacial score (nSPS) is 23.2. The van der Waals surface area contributed by atoms with Crippen molar-refractivity contribution < 1.29 is 8.91 Å². The molecule has 0 spiro atoms. The standard InChI is InChI=1S/C18H14FN6O/c19-12-3-4-14-15(7-12)24-10-20-8-13(24)9-25(6-5-21-17(14)25)18-22-16(23-26-18)11-1-2-11/h3-8,10-11H,1-2,9H2/q+1. The number of halogens is 1. The average molecular weight is 349 g/mol. The SMILES string of the molecule is Fc1ccc2c(c1)-n1cncc1C[N+]1(c3nc(C4CC4)no3)C=CN=C21. The van der Waals surface area contributed by atoms with Gasteiger partial charge >= 0.3 is 6.01 Å². The van der Waals surface area contributed by atoms with Crippen molar-refractivity contribution in [3.63, 3.8) is 0 Å². The van der Waals surface area contributed by atoms with Gasteiger partial charge in [-0.2, -0.15) is 9.48 Å². The molecule has 0 saturated heterocycles. The Kier molecular flexibility index (Phi) is 2.56. The van der Waals surface area contributed by atoms with Gasteiger partial charge in [-0.15, -0.1) is 4.98 Å². The lowest BCUT2D eigenvalue weighted by Gasteiger charge is -2.24. The first kappa shape index (κ1) is 14.1. The summed E-state index contributed by atoms with van der Waals surface area (Å²) in [5, 5.41) is 4.18. The number of fused-ring (bicyclic) bond motifs is 5. The van der Waals surface area contributed by atoms with E-state index in [4.69, 9.17) is 4.52 Å². The van der Waals surface area contributed by atoms with Gasteiger partial charge in [0.1, 0.15) is 18.6 Å². The number of amidine groups is 1. The minimum Gasteiger partial charge on any atom is -0.297 e. The highest BCUT2D eigenvalue weighted by molar-refractivity contribution is 6.10. The van der Waals surface area contributed by atoms with Gasteiger partial charge in [-0.05, 0) is 31.0 Å². The molecule has 1 aliphatic carbocycles. The Balaban J connectivity index is 1.61. The van der Waals surface area contributed by atoms with Crippen LogP contribution in [0.3, 0.4) is 0 Å². The van der Waals surface area contributed by atoms with Crippen LogP contribution in [0.15, 0.2) is 52.6 Å². The summed E-state index contributed by atoms with van der Waals surface area (Å²) in [7, 11) is 0. The molecule has 7 nitrogen and oxygen atoms in total. The topological polar surface area (TPSA) is 69.1 Å². The Labute approximate surface area is 147 Å². The maximum atomic E-state index is 14.0. The van der Waals surface area contributed by atoms with Crippen molar-refractivity contribution in [3.8, 4) is 5.69 Å². The van der Waals surface area contributed by atoms with Crippen molar-refractivity contribution in [2.24, 2.45) is 4.99 Å². The number of aliphatic imine (C=N–C) groups is 1. The van der Waals surface area contributed by atoms with E-state index in [0.29, 0.717) is 24.2 Å². The van der Waals surface area contributed by atoms with E-state index >= 15 is 0 Å². The van der Waals surface area contributed by atoms with Gasteiger partial charge < -0.3 is 0 Å². The Morgan fingerprint density at radius 2 is 2.19 bits per heavy atom. The van der Waals surface area contributed by atoms with Crippen molar-refractivity contribution in [2.75, 3.05) is 0 Å². The fourth-order valence-electron chi connectivity index (χ4n) is 3.73. The number of nitrogens with zero attached hydrogens (tertiary/aromatic N) is 6. The lowest BCUT2D eigenvalue weighted by molar-refractivity contribution is 0.340. The van der Waals surface area contributed by atoms with E-state index in [0.717, 1.165) is 35.8 Å². The second-order valence-electron chi connectivity index (χ2n) is 6.90. The molecule has 1 aromatic carbocycles. The van der Waals surface area contributed by atoms with E-state index in [1.54, 1.807) is 24.8 Å². The van der Waals surface area contributed by atoms with Crippen molar-refractivity contribution >= 4 is 11.9 Å².